The summed E-state index contributed by atoms with van der Waals surface area (Å²) in [5.41, 5.74) is 0. The molecule has 13 heavy (non-hydrogen) atoms. The zero-order valence-corrected chi connectivity index (χ0v) is 8.37. The van der Waals surface area contributed by atoms with E-state index in [1.165, 1.54) is 13.0 Å². The highest BCUT2D eigenvalue weighted by Crippen LogP contribution is 2.25. The molecule has 2 fully saturated rings. The molecule has 2 rings (SSSR count). The van der Waals surface area contributed by atoms with Crippen molar-refractivity contribution in [1.82, 2.24) is 10.2 Å². The first-order valence-electron chi connectivity index (χ1n) is 5.37. The van der Waals surface area contributed by atoms with Crippen molar-refractivity contribution in [2.75, 3.05) is 26.7 Å². The Kier molecular flexibility index (Phi) is 2.86. The molecular formula is C10H20N2O. The maximum Gasteiger partial charge on any atom is 0.0595 e. The molecule has 0 spiro atoms. The summed E-state index contributed by atoms with van der Waals surface area (Å²) in [4.78, 5) is 2.37. The monoisotopic (exact) mass is 184 g/mol. The zero-order valence-electron chi connectivity index (χ0n) is 8.37. The SMILES string of the molecule is CN1CCC2NCCC(O)C2CC1. The minimum absolute atomic E-state index is 0.0576. The Hall–Kier alpha value is -0.120. The van der Waals surface area contributed by atoms with Gasteiger partial charge in [0, 0.05) is 12.0 Å². The van der Waals surface area contributed by atoms with Crippen LogP contribution in [0.15, 0.2) is 0 Å². The molecule has 2 aliphatic rings. The number of nitrogens with zero attached hydrogens (tertiary/aromatic N) is 1. The van der Waals surface area contributed by atoms with Gasteiger partial charge in [0.05, 0.1) is 6.10 Å². The number of nitrogens with one attached hydrogen (secondary N) is 1. The number of hydrogen-bond acceptors (Lipinski definition) is 3. The van der Waals surface area contributed by atoms with Crippen LogP contribution in [0.4, 0.5) is 0 Å². The molecule has 2 N–H and O–H groups in total. The first-order chi connectivity index (χ1) is 6.27. The summed E-state index contributed by atoms with van der Waals surface area (Å²) in [6.07, 6.45) is 3.22. The van der Waals surface area contributed by atoms with Crippen molar-refractivity contribution in [3.8, 4) is 0 Å². The van der Waals surface area contributed by atoms with E-state index in [9.17, 15) is 5.11 Å². The first kappa shape index (κ1) is 9.44. The van der Waals surface area contributed by atoms with Crippen LogP contribution in [0, 0.1) is 5.92 Å². The van der Waals surface area contributed by atoms with Gasteiger partial charge in [-0.2, -0.15) is 0 Å². The molecule has 2 aliphatic heterocycles. The van der Waals surface area contributed by atoms with Crippen LogP contribution in [-0.2, 0) is 0 Å². The minimum atomic E-state index is -0.0576. The van der Waals surface area contributed by atoms with Crippen molar-refractivity contribution in [1.29, 1.82) is 0 Å². The topological polar surface area (TPSA) is 35.5 Å². The zero-order chi connectivity index (χ0) is 9.26. The van der Waals surface area contributed by atoms with Crippen LogP contribution in [-0.4, -0.2) is 48.8 Å². The van der Waals surface area contributed by atoms with Gasteiger partial charge in [-0.3, -0.25) is 0 Å². The molecule has 3 heteroatoms. The molecule has 0 amide bonds. The van der Waals surface area contributed by atoms with E-state index in [1.54, 1.807) is 0 Å². The highest BCUT2D eigenvalue weighted by molar-refractivity contribution is 4.89. The quantitative estimate of drug-likeness (QED) is 0.558. The third-order valence-electron chi connectivity index (χ3n) is 3.52. The number of aliphatic hydroxyl groups excluding tert-OH is 1. The Bertz CT molecular complexity index is 174. The molecule has 2 heterocycles. The maximum absolute atomic E-state index is 9.86. The van der Waals surface area contributed by atoms with Gasteiger partial charge in [-0.1, -0.05) is 0 Å². The summed E-state index contributed by atoms with van der Waals surface area (Å²) in [5.74, 6) is 0.499. The van der Waals surface area contributed by atoms with Gasteiger partial charge >= 0.3 is 0 Å². The van der Waals surface area contributed by atoms with Gasteiger partial charge in [-0.15, -0.1) is 0 Å². The van der Waals surface area contributed by atoms with Crippen LogP contribution in [0.5, 0.6) is 0 Å². The summed E-state index contributed by atoms with van der Waals surface area (Å²) in [6.45, 7) is 3.30. The van der Waals surface area contributed by atoms with E-state index in [0.29, 0.717) is 12.0 Å². The average molecular weight is 184 g/mol. The van der Waals surface area contributed by atoms with Crippen molar-refractivity contribution < 1.29 is 5.11 Å². The van der Waals surface area contributed by atoms with Gasteiger partial charge in [-0.25, -0.2) is 0 Å². The second kappa shape index (κ2) is 3.95. The van der Waals surface area contributed by atoms with Gasteiger partial charge in [0.2, 0.25) is 0 Å². The summed E-state index contributed by atoms with van der Waals surface area (Å²) in [7, 11) is 2.17. The van der Waals surface area contributed by atoms with E-state index in [4.69, 9.17) is 0 Å². The normalized spacial score (nSPS) is 42.5. The van der Waals surface area contributed by atoms with Crippen molar-refractivity contribution in [3.05, 3.63) is 0 Å². The Morgan fingerprint density at radius 1 is 1.23 bits per heavy atom. The van der Waals surface area contributed by atoms with Gasteiger partial charge < -0.3 is 15.3 Å². The number of likely N-dealkylation sites (tertiary alicyclic amines) is 1. The molecule has 3 nitrogen and oxygen atoms in total. The largest absolute Gasteiger partial charge is 0.393 e. The lowest BCUT2D eigenvalue weighted by Crippen LogP contribution is -2.48. The molecule has 76 valence electrons. The second-order valence-electron chi connectivity index (χ2n) is 4.46. The molecule has 3 unspecified atom stereocenters. The molecule has 0 radical (unpaired) electrons. The third kappa shape index (κ3) is 2.03. The molecule has 0 saturated carbocycles. The van der Waals surface area contributed by atoms with E-state index in [-0.39, 0.29) is 6.10 Å². The molecule has 0 aromatic heterocycles. The van der Waals surface area contributed by atoms with Crippen molar-refractivity contribution in [2.45, 2.75) is 31.4 Å². The highest BCUT2D eigenvalue weighted by atomic mass is 16.3. The first-order valence-corrected chi connectivity index (χ1v) is 5.37. The van der Waals surface area contributed by atoms with Crippen LogP contribution < -0.4 is 5.32 Å². The Morgan fingerprint density at radius 3 is 2.85 bits per heavy atom. The third-order valence-corrected chi connectivity index (χ3v) is 3.52. The van der Waals surface area contributed by atoms with E-state index in [0.717, 1.165) is 25.9 Å². The van der Waals surface area contributed by atoms with Crippen molar-refractivity contribution >= 4 is 0 Å². The Balaban J connectivity index is 2.00. The van der Waals surface area contributed by atoms with Gasteiger partial charge in [0.15, 0.2) is 0 Å². The molecular weight excluding hydrogens is 164 g/mol. The molecule has 0 aromatic rings. The van der Waals surface area contributed by atoms with Crippen LogP contribution in [0.25, 0.3) is 0 Å². The lowest BCUT2D eigenvalue weighted by molar-refractivity contribution is 0.0497. The van der Waals surface area contributed by atoms with E-state index >= 15 is 0 Å². The average Bonchev–Trinajstić information content (AvgIpc) is 2.30. The predicted molar refractivity (Wildman–Crippen MR) is 52.6 cm³/mol. The van der Waals surface area contributed by atoms with Crippen LogP contribution in [0.1, 0.15) is 19.3 Å². The summed E-state index contributed by atoms with van der Waals surface area (Å²) in [6, 6.07) is 0.564. The smallest absolute Gasteiger partial charge is 0.0595 e. The van der Waals surface area contributed by atoms with Gasteiger partial charge in [0.1, 0.15) is 0 Å². The lowest BCUT2D eigenvalue weighted by Gasteiger charge is -2.35. The fourth-order valence-electron chi connectivity index (χ4n) is 2.60. The fourth-order valence-corrected chi connectivity index (χ4v) is 2.60. The van der Waals surface area contributed by atoms with Gasteiger partial charge in [-0.05, 0) is 45.9 Å². The van der Waals surface area contributed by atoms with Crippen LogP contribution >= 0.6 is 0 Å². The number of aliphatic hydroxyl groups is 1. The van der Waals surface area contributed by atoms with Gasteiger partial charge in [0.25, 0.3) is 0 Å². The van der Waals surface area contributed by atoms with Crippen LogP contribution in [0.2, 0.25) is 0 Å². The van der Waals surface area contributed by atoms with Crippen molar-refractivity contribution in [3.63, 3.8) is 0 Å². The molecule has 0 aliphatic carbocycles. The Morgan fingerprint density at radius 2 is 2.00 bits per heavy atom. The second-order valence-corrected chi connectivity index (χ2v) is 4.46. The highest BCUT2D eigenvalue weighted by Gasteiger charge is 2.33. The molecule has 0 bridgehead atoms. The van der Waals surface area contributed by atoms with E-state index in [1.807, 2.05) is 0 Å². The number of fused-ring (bicyclic) bond motifs is 1. The van der Waals surface area contributed by atoms with Crippen molar-refractivity contribution in [2.24, 2.45) is 5.92 Å². The minimum Gasteiger partial charge on any atom is -0.393 e. The standard InChI is InChI=1S/C10H20N2O/c1-12-6-3-8-9(4-7-12)11-5-2-10(8)13/h8-11,13H,2-7H2,1H3. The molecule has 0 aromatic carbocycles. The summed E-state index contributed by atoms with van der Waals surface area (Å²) < 4.78 is 0. The number of piperidine rings is 1. The maximum atomic E-state index is 9.86. The predicted octanol–water partition coefficient (Wildman–Crippen LogP) is 0.0510. The van der Waals surface area contributed by atoms with Crippen LogP contribution in [0.3, 0.4) is 0 Å². The van der Waals surface area contributed by atoms with E-state index < -0.39 is 0 Å². The molecule has 3 atom stereocenters. The number of hydrogen-bond donors (Lipinski definition) is 2. The summed E-state index contributed by atoms with van der Waals surface area (Å²) >= 11 is 0. The number of rotatable bonds is 0. The van der Waals surface area contributed by atoms with E-state index in [2.05, 4.69) is 17.3 Å². The fraction of sp³-hybridized carbons (Fsp3) is 1.00. The Labute approximate surface area is 80.1 Å². The molecule has 2 saturated heterocycles. The summed E-state index contributed by atoms with van der Waals surface area (Å²) in [5, 5.41) is 13.4. The lowest BCUT2D eigenvalue weighted by atomic mass is 9.85.